The topological polar surface area (TPSA) is 135 Å². The number of hydrogen-bond donors (Lipinski definition) is 1. The predicted molar refractivity (Wildman–Crippen MR) is 74.1 cm³/mol. The van der Waals surface area contributed by atoms with Gasteiger partial charge in [-0.15, -0.1) is 0 Å². The fraction of sp³-hybridized carbons (Fsp3) is 0. The number of aromatic nitrogens is 2. The van der Waals surface area contributed by atoms with Gasteiger partial charge in [-0.25, -0.2) is 4.68 Å². The number of hydrogen-bond acceptors (Lipinski definition) is 6. The van der Waals surface area contributed by atoms with Crippen molar-refractivity contribution < 1.29 is 4.92 Å². The third-order valence-electron chi connectivity index (χ3n) is 2.56. The van der Waals surface area contributed by atoms with E-state index in [4.69, 9.17) is 39.5 Å². The Kier molecular flexibility index (Phi) is 3.68. The lowest BCUT2D eigenvalue weighted by molar-refractivity contribution is -0.384. The largest absolute Gasteiger partial charge is 0.382 e. The highest BCUT2D eigenvalue weighted by atomic mass is 35.5. The molecule has 0 spiro atoms. The van der Waals surface area contributed by atoms with Crippen molar-refractivity contribution in [1.82, 2.24) is 9.78 Å². The summed E-state index contributed by atoms with van der Waals surface area (Å²) >= 11 is 11.9. The lowest BCUT2D eigenvalue weighted by Gasteiger charge is -2.08. The highest BCUT2D eigenvalue weighted by molar-refractivity contribution is 6.38. The number of nitro groups is 1. The molecule has 10 heteroatoms. The van der Waals surface area contributed by atoms with Crippen LogP contribution < -0.4 is 5.73 Å². The normalized spacial score (nSPS) is 9.90. The van der Waals surface area contributed by atoms with Gasteiger partial charge in [0, 0.05) is 12.1 Å². The third-order valence-corrected chi connectivity index (χ3v) is 3.14. The maximum Gasteiger partial charge on any atom is 0.272 e. The lowest BCUT2D eigenvalue weighted by Crippen LogP contribution is -2.04. The number of rotatable bonds is 2. The van der Waals surface area contributed by atoms with Crippen molar-refractivity contribution in [3.8, 4) is 17.8 Å². The van der Waals surface area contributed by atoms with E-state index in [-0.39, 0.29) is 38.5 Å². The van der Waals surface area contributed by atoms with Crippen molar-refractivity contribution in [3.63, 3.8) is 0 Å². The first kappa shape index (κ1) is 14.6. The second-order valence-electron chi connectivity index (χ2n) is 3.76. The van der Waals surface area contributed by atoms with Gasteiger partial charge in [0.15, 0.2) is 5.69 Å². The average Bonchev–Trinajstić information content (AvgIpc) is 2.74. The molecule has 0 bridgehead atoms. The zero-order valence-electron chi connectivity index (χ0n) is 10.0. The molecular weight excluding hydrogens is 319 g/mol. The van der Waals surface area contributed by atoms with Gasteiger partial charge in [0.05, 0.1) is 15.0 Å². The number of anilines is 1. The van der Waals surface area contributed by atoms with Crippen molar-refractivity contribution in [1.29, 1.82) is 10.5 Å². The molecule has 104 valence electrons. The van der Waals surface area contributed by atoms with Crippen LogP contribution in [0.2, 0.25) is 10.0 Å². The first-order valence-corrected chi connectivity index (χ1v) is 5.98. The van der Waals surface area contributed by atoms with E-state index in [0.29, 0.717) is 0 Å². The number of nitrogens with zero attached hydrogens (tertiary/aromatic N) is 5. The van der Waals surface area contributed by atoms with Crippen molar-refractivity contribution in [2.45, 2.75) is 0 Å². The maximum absolute atomic E-state index is 10.7. The van der Waals surface area contributed by atoms with Gasteiger partial charge in [-0.3, -0.25) is 10.1 Å². The van der Waals surface area contributed by atoms with Crippen LogP contribution in [0.15, 0.2) is 12.1 Å². The third kappa shape index (κ3) is 2.34. The van der Waals surface area contributed by atoms with Crippen LogP contribution in [0.4, 0.5) is 11.5 Å². The molecule has 1 aromatic heterocycles. The smallest absolute Gasteiger partial charge is 0.272 e. The average molecular weight is 323 g/mol. The first-order valence-electron chi connectivity index (χ1n) is 5.23. The lowest BCUT2D eigenvalue weighted by atomic mass is 10.2. The minimum Gasteiger partial charge on any atom is -0.382 e. The van der Waals surface area contributed by atoms with Crippen LogP contribution in [0, 0.1) is 32.8 Å². The molecule has 0 fully saturated rings. The quantitative estimate of drug-likeness (QED) is 0.666. The van der Waals surface area contributed by atoms with E-state index in [1.807, 2.05) is 0 Å². The van der Waals surface area contributed by atoms with Crippen LogP contribution in [0.1, 0.15) is 11.3 Å². The van der Waals surface area contributed by atoms with E-state index in [1.165, 1.54) is 0 Å². The Hall–Kier alpha value is -2.81. The minimum atomic E-state index is -0.657. The van der Waals surface area contributed by atoms with E-state index in [2.05, 4.69) is 5.10 Å². The van der Waals surface area contributed by atoms with Gasteiger partial charge >= 0.3 is 0 Å². The Morgan fingerprint density at radius 3 is 2.24 bits per heavy atom. The predicted octanol–water partition coefficient (Wildman–Crippen LogP) is 2.41. The van der Waals surface area contributed by atoms with Crippen LogP contribution in [0.5, 0.6) is 0 Å². The van der Waals surface area contributed by atoms with E-state index in [9.17, 15) is 10.1 Å². The van der Waals surface area contributed by atoms with Crippen LogP contribution in [-0.4, -0.2) is 14.7 Å². The van der Waals surface area contributed by atoms with Gasteiger partial charge in [-0.2, -0.15) is 15.6 Å². The molecule has 2 aromatic rings. The van der Waals surface area contributed by atoms with Gasteiger partial charge < -0.3 is 5.73 Å². The molecule has 1 heterocycles. The number of nitro benzene ring substituents is 1. The van der Waals surface area contributed by atoms with E-state index in [1.54, 1.807) is 12.1 Å². The zero-order valence-corrected chi connectivity index (χ0v) is 11.6. The van der Waals surface area contributed by atoms with Gasteiger partial charge in [0.2, 0.25) is 0 Å². The van der Waals surface area contributed by atoms with Crippen molar-refractivity contribution in [2.75, 3.05) is 5.73 Å². The molecule has 0 radical (unpaired) electrons. The Balaban J connectivity index is 2.75. The molecular formula is C11H4Cl2N6O2. The Morgan fingerprint density at radius 2 is 1.86 bits per heavy atom. The minimum absolute atomic E-state index is 0.0550. The molecule has 8 nitrogen and oxygen atoms in total. The summed E-state index contributed by atoms with van der Waals surface area (Å²) in [7, 11) is 0. The molecule has 2 N–H and O–H groups in total. The molecule has 21 heavy (non-hydrogen) atoms. The van der Waals surface area contributed by atoms with Crippen molar-refractivity contribution in [3.05, 3.63) is 43.5 Å². The molecule has 0 unspecified atom stereocenters. The maximum atomic E-state index is 10.7. The van der Waals surface area contributed by atoms with Crippen LogP contribution in [0.3, 0.4) is 0 Å². The standard InChI is InChI=1S/C11H4Cl2N6O2/c12-7-1-5(19(20)21)2-8(13)10(7)18-11(16)6(3-14)9(4-15)17-18/h1-2H,16H2. The van der Waals surface area contributed by atoms with E-state index in [0.717, 1.165) is 16.8 Å². The molecule has 0 aliphatic carbocycles. The Bertz CT molecular complexity index is 823. The molecule has 0 aliphatic rings. The fourth-order valence-corrected chi connectivity index (χ4v) is 2.29. The summed E-state index contributed by atoms with van der Waals surface area (Å²) in [5, 5.41) is 32.2. The first-order chi connectivity index (χ1) is 9.90. The summed E-state index contributed by atoms with van der Waals surface area (Å²) in [4.78, 5) is 10.1. The van der Waals surface area contributed by atoms with Crippen molar-refractivity contribution >= 4 is 34.7 Å². The Labute approximate surface area is 127 Å². The summed E-state index contributed by atoms with van der Waals surface area (Å²) in [6, 6.07) is 5.61. The van der Waals surface area contributed by atoms with Crippen LogP contribution in [0.25, 0.3) is 5.69 Å². The molecule has 0 amide bonds. The number of nitriles is 2. The highest BCUT2D eigenvalue weighted by Gasteiger charge is 2.22. The van der Waals surface area contributed by atoms with Gasteiger partial charge in [-0.1, -0.05) is 23.2 Å². The molecule has 0 atom stereocenters. The highest BCUT2D eigenvalue weighted by Crippen LogP contribution is 2.35. The SMILES string of the molecule is N#Cc1nn(-c2c(Cl)cc([N+](=O)[O-])cc2Cl)c(N)c1C#N. The summed E-state index contributed by atoms with van der Waals surface area (Å²) in [6.45, 7) is 0. The fourth-order valence-electron chi connectivity index (χ4n) is 1.65. The molecule has 1 aromatic carbocycles. The van der Waals surface area contributed by atoms with Crippen LogP contribution >= 0.6 is 23.2 Å². The summed E-state index contributed by atoms with van der Waals surface area (Å²) in [6.07, 6.45) is 0. The van der Waals surface area contributed by atoms with Crippen molar-refractivity contribution in [2.24, 2.45) is 0 Å². The van der Waals surface area contributed by atoms with Gasteiger partial charge in [-0.05, 0) is 0 Å². The van der Waals surface area contributed by atoms with Gasteiger partial charge in [0.1, 0.15) is 29.2 Å². The van der Waals surface area contributed by atoms with Gasteiger partial charge in [0.25, 0.3) is 5.69 Å². The number of benzene rings is 1. The second-order valence-corrected chi connectivity index (χ2v) is 4.57. The molecule has 2 rings (SSSR count). The summed E-state index contributed by atoms with van der Waals surface area (Å²) in [5.74, 6) is -0.133. The monoisotopic (exact) mass is 322 g/mol. The molecule has 0 aliphatic heterocycles. The number of halogens is 2. The number of non-ortho nitro benzene ring substituents is 1. The number of nitrogen functional groups attached to an aromatic ring is 1. The summed E-state index contributed by atoms with van der Waals surface area (Å²) < 4.78 is 1.01. The Morgan fingerprint density at radius 1 is 1.29 bits per heavy atom. The number of nitrogens with two attached hydrogens (primary N) is 1. The van der Waals surface area contributed by atoms with Crippen LogP contribution in [-0.2, 0) is 0 Å². The second kappa shape index (κ2) is 5.29. The van der Waals surface area contributed by atoms with E-state index >= 15 is 0 Å². The van der Waals surface area contributed by atoms with E-state index < -0.39 is 4.92 Å². The molecule has 0 saturated heterocycles. The summed E-state index contributed by atoms with van der Waals surface area (Å²) in [5.41, 5.74) is 5.17. The zero-order chi connectivity index (χ0) is 15.7. The molecule has 0 saturated carbocycles.